The van der Waals surface area contributed by atoms with Crippen molar-refractivity contribution in [3.8, 4) is 0 Å². The van der Waals surface area contributed by atoms with Crippen LogP contribution in [-0.2, 0) is 19.5 Å². The average Bonchev–Trinajstić information content (AvgIpc) is 3.06. The zero-order valence-electron chi connectivity index (χ0n) is 12.1. The van der Waals surface area contributed by atoms with E-state index in [4.69, 9.17) is 0 Å². The normalized spacial score (nSPS) is 13.3. The highest BCUT2D eigenvalue weighted by molar-refractivity contribution is 5.94. The van der Waals surface area contributed by atoms with E-state index >= 15 is 0 Å². The third-order valence-corrected chi connectivity index (χ3v) is 3.83. The predicted octanol–water partition coefficient (Wildman–Crippen LogP) is 1.94. The molecule has 0 unspecified atom stereocenters. The van der Waals surface area contributed by atoms with Crippen molar-refractivity contribution in [2.45, 2.75) is 32.9 Å². The first kappa shape index (κ1) is 13.7. The Hall–Kier alpha value is -2.24. The molecule has 1 amide bonds. The molecule has 6 heteroatoms. The van der Waals surface area contributed by atoms with Crippen LogP contribution in [0.15, 0.2) is 18.2 Å². The SMILES string of the molecule is Cc1cccc(C(=O)N(C)Cc2nnc3n2CCC3)c1F. The van der Waals surface area contributed by atoms with E-state index in [1.807, 2.05) is 4.57 Å². The van der Waals surface area contributed by atoms with Gasteiger partial charge in [0.05, 0.1) is 12.1 Å². The molecule has 3 rings (SSSR count). The second-order valence-corrected chi connectivity index (χ2v) is 5.39. The number of rotatable bonds is 3. The van der Waals surface area contributed by atoms with Gasteiger partial charge in [0.15, 0.2) is 5.82 Å². The first-order valence-corrected chi connectivity index (χ1v) is 6.99. The fraction of sp³-hybridized carbons (Fsp3) is 0.400. The first-order chi connectivity index (χ1) is 10.1. The van der Waals surface area contributed by atoms with E-state index in [1.165, 1.54) is 11.0 Å². The standard InChI is InChI=1S/C15H17FN4O/c1-10-5-3-6-11(14(10)16)15(21)19(2)9-13-18-17-12-7-4-8-20(12)13/h3,5-6H,4,7-9H2,1-2H3. The van der Waals surface area contributed by atoms with Gasteiger partial charge < -0.3 is 9.47 Å². The highest BCUT2D eigenvalue weighted by Crippen LogP contribution is 2.17. The third kappa shape index (κ3) is 2.41. The topological polar surface area (TPSA) is 51.0 Å². The molecule has 0 radical (unpaired) electrons. The number of nitrogens with zero attached hydrogens (tertiary/aromatic N) is 4. The first-order valence-electron chi connectivity index (χ1n) is 6.99. The fourth-order valence-electron chi connectivity index (χ4n) is 2.63. The second-order valence-electron chi connectivity index (χ2n) is 5.39. The largest absolute Gasteiger partial charge is 0.334 e. The van der Waals surface area contributed by atoms with E-state index < -0.39 is 5.82 Å². The lowest BCUT2D eigenvalue weighted by Crippen LogP contribution is -2.28. The molecule has 2 aromatic rings. The number of aromatic nitrogens is 3. The maximum Gasteiger partial charge on any atom is 0.256 e. The number of carbonyl (C=O) groups is 1. The van der Waals surface area contributed by atoms with Crippen LogP contribution in [0.2, 0.25) is 0 Å². The summed E-state index contributed by atoms with van der Waals surface area (Å²) in [5.41, 5.74) is 0.566. The molecule has 0 atom stereocenters. The summed E-state index contributed by atoms with van der Waals surface area (Å²) in [6.45, 7) is 2.87. The molecule has 0 spiro atoms. The van der Waals surface area contributed by atoms with Gasteiger partial charge in [-0.1, -0.05) is 12.1 Å². The van der Waals surface area contributed by atoms with Crippen LogP contribution in [0.25, 0.3) is 0 Å². The van der Waals surface area contributed by atoms with E-state index in [1.54, 1.807) is 26.1 Å². The van der Waals surface area contributed by atoms with Gasteiger partial charge in [-0.15, -0.1) is 10.2 Å². The van der Waals surface area contributed by atoms with Crippen molar-refractivity contribution in [3.05, 3.63) is 46.8 Å². The van der Waals surface area contributed by atoms with Gasteiger partial charge in [0.25, 0.3) is 5.91 Å². The Balaban J connectivity index is 1.80. The summed E-state index contributed by atoms with van der Waals surface area (Å²) in [7, 11) is 1.65. The lowest BCUT2D eigenvalue weighted by atomic mass is 10.1. The van der Waals surface area contributed by atoms with E-state index in [0.717, 1.165) is 31.0 Å². The van der Waals surface area contributed by atoms with E-state index in [-0.39, 0.29) is 11.5 Å². The number of hydrogen-bond donors (Lipinski definition) is 0. The molecule has 0 saturated heterocycles. The lowest BCUT2D eigenvalue weighted by molar-refractivity contribution is 0.0775. The van der Waals surface area contributed by atoms with Crippen LogP contribution < -0.4 is 0 Å². The summed E-state index contributed by atoms with van der Waals surface area (Å²) in [4.78, 5) is 13.9. The highest BCUT2D eigenvalue weighted by Gasteiger charge is 2.22. The van der Waals surface area contributed by atoms with Crippen LogP contribution in [0.3, 0.4) is 0 Å². The minimum Gasteiger partial charge on any atom is -0.334 e. The van der Waals surface area contributed by atoms with Gasteiger partial charge in [-0.05, 0) is 25.0 Å². The van der Waals surface area contributed by atoms with E-state index in [0.29, 0.717) is 12.1 Å². The molecule has 1 aromatic carbocycles. The monoisotopic (exact) mass is 288 g/mol. The molecule has 110 valence electrons. The predicted molar refractivity (Wildman–Crippen MR) is 75.3 cm³/mol. The van der Waals surface area contributed by atoms with Gasteiger partial charge in [-0.2, -0.15) is 0 Å². The van der Waals surface area contributed by atoms with Crippen molar-refractivity contribution in [3.63, 3.8) is 0 Å². The minimum absolute atomic E-state index is 0.0960. The molecule has 21 heavy (non-hydrogen) atoms. The van der Waals surface area contributed by atoms with Crippen molar-refractivity contribution in [1.29, 1.82) is 0 Å². The van der Waals surface area contributed by atoms with Crippen LogP contribution >= 0.6 is 0 Å². The number of hydrogen-bond acceptors (Lipinski definition) is 3. The number of benzene rings is 1. The summed E-state index contributed by atoms with van der Waals surface area (Å²) in [5, 5.41) is 8.23. The number of halogens is 1. The van der Waals surface area contributed by atoms with Gasteiger partial charge in [0.2, 0.25) is 0 Å². The van der Waals surface area contributed by atoms with Crippen LogP contribution in [0.4, 0.5) is 4.39 Å². The molecule has 0 aliphatic carbocycles. The van der Waals surface area contributed by atoms with E-state index in [9.17, 15) is 9.18 Å². The maximum atomic E-state index is 14.0. The Morgan fingerprint density at radius 3 is 3.05 bits per heavy atom. The minimum atomic E-state index is -0.458. The Kier molecular flexibility index (Phi) is 3.45. The maximum absolute atomic E-state index is 14.0. The van der Waals surface area contributed by atoms with Crippen molar-refractivity contribution < 1.29 is 9.18 Å². The Morgan fingerprint density at radius 1 is 1.43 bits per heavy atom. The molecule has 2 heterocycles. The smallest absolute Gasteiger partial charge is 0.256 e. The Labute approximate surface area is 122 Å². The molecular weight excluding hydrogens is 271 g/mol. The molecule has 0 bridgehead atoms. The van der Waals surface area contributed by atoms with Crippen molar-refractivity contribution in [2.75, 3.05) is 7.05 Å². The summed E-state index contributed by atoms with van der Waals surface area (Å²) in [5.74, 6) is 0.923. The van der Waals surface area contributed by atoms with Crippen LogP contribution in [0, 0.1) is 12.7 Å². The lowest BCUT2D eigenvalue weighted by Gasteiger charge is -2.17. The summed E-state index contributed by atoms with van der Waals surface area (Å²) < 4.78 is 16.1. The molecule has 1 aromatic heterocycles. The quantitative estimate of drug-likeness (QED) is 0.867. The number of aryl methyl sites for hydroxylation is 2. The summed E-state index contributed by atoms with van der Waals surface area (Å²) in [6.07, 6.45) is 1.99. The van der Waals surface area contributed by atoms with Gasteiger partial charge in [-0.3, -0.25) is 4.79 Å². The fourth-order valence-corrected chi connectivity index (χ4v) is 2.63. The third-order valence-electron chi connectivity index (χ3n) is 3.83. The second kappa shape index (κ2) is 5.27. The molecule has 1 aliphatic heterocycles. The molecule has 5 nitrogen and oxygen atoms in total. The Morgan fingerprint density at radius 2 is 2.24 bits per heavy atom. The number of amides is 1. The van der Waals surface area contributed by atoms with Crippen LogP contribution in [0.5, 0.6) is 0 Å². The zero-order valence-corrected chi connectivity index (χ0v) is 12.1. The molecular formula is C15H17FN4O. The average molecular weight is 288 g/mol. The number of carbonyl (C=O) groups excluding carboxylic acids is 1. The number of fused-ring (bicyclic) bond motifs is 1. The van der Waals surface area contributed by atoms with Gasteiger partial charge >= 0.3 is 0 Å². The van der Waals surface area contributed by atoms with Gasteiger partial charge in [0.1, 0.15) is 11.6 Å². The van der Waals surface area contributed by atoms with Gasteiger partial charge in [0, 0.05) is 20.0 Å². The van der Waals surface area contributed by atoms with Gasteiger partial charge in [-0.25, -0.2) is 4.39 Å². The van der Waals surface area contributed by atoms with Crippen LogP contribution in [-0.4, -0.2) is 32.6 Å². The molecule has 0 saturated carbocycles. The molecule has 1 aliphatic rings. The molecule has 0 N–H and O–H groups in total. The van der Waals surface area contributed by atoms with Crippen molar-refractivity contribution in [1.82, 2.24) is 19.7 Å². The summed E-state index contributed by atoms with van der Waals surface area (Å²) in [6, 6.07) is 4.85. The summed E-state index contributed by atoms with van der Waals surface area (Å²) >= 11 is 0. The molecule has 0 fully saturated rings. The van der Waals surface area contributed by atoms with Crippen molar-refractivity contribution in [2.24, 2.45) is 0 Å². The van der Waals surface area contributed by atoms with E-state index in [2.05, 4.69) is 10.2 Å². The zero-order chi connectivity index (χ0) is 15.0. The Bertz CT molecular complexity index is 695. The highest BCUT2D eigenvalue weighted by atomic mass is 19.1. The van der Waals surface area contributed by atoms with Crippen molar-refractivity contribution >= 4 is 5.91 Å². The van der Waals surface area contributed by atoms with Crippen LogP contribution in [0.1, 0.15) is 34.0 Å².